The zero-order valence-corrected chi connectivity index (χ0v) is 14.1. The maximum atomic E-state index is 5.20. The van der Waals surface area contributed by atoms with Crippen molar-refractivity contribution in [2.45, 2.75) is 20.8 Å². The van der Waals surface area contributed by atoms with Gasteiger partial charge in [-0.3, -0.25) is 0 Å². The predicted molar refractivity (Wildman–Crippen MR) is 93.7 cm³/mol. The molecule has 0 amide bonds. The number of hydrogen-bond acceptors (Lipinski definition) is 3. The highest BCUT2D eigenvalue weighted by molar-refractivity contribution is 7.13. The van der Waals surface area contributed by atoms with E-state index in [2.05, 4.69) is 50.4 Å². The molecule has 0 unspecified atom stereocenters. The zero-order valence-electron chi connectivity index (χ0n) is 13.3. The van der Waals surface area contributed by atoms with Crippen LogP contribution in [-0.2, 0) is 0 Å². The molecule has 2 nitrogen and oxygen atoms in total. The summed E-state index contributed by atoms with van der Waals surface area (Å²) in [4.78, 5) is 4.82. The number of hydrogen-bond donors (Lipinski definition) is 0. The summed E-state index contributed by atoms with van der Waals surface area (Å²) >= 11 is 1.68. The van der Waals surface area contributed by atoms with Crippen LogP contribution in [0.2, 0.25) is 0 Å². The Hall–Kier alpha value is -2.13. The van der Waals surface area contributed by atoms with E-state index in [-0.39, 0.29) is 0 Å². The highest BCUT2D eigenvalue weighted by atomic mass is 32.1. The molecule has 1 aromatic heterocycles. The van der Waals surface area contributed by atoms with Gasteiger partial charge in [0.2, 0.25) is 0 Å². The standard InChI is InChI=1S/C19H19NOS/c1-12-9-14(3)17(10-13(12)2)18-11-22-19(20-18)15-5-7-16(21-4)8-6-15/h5-11H,1-4H3. The largest absolute Gasteiger partial charge is 0.497 e. The van der Waals surface area contributed by atoms with Crippen molar-refractivity contribution < 1.29 is 4.74 Å². The third kappa shape index (κ3) is 2.77. The van der Waals surface area contributed by atoms with Crippen molar-refractivity contribution in [2.75, 3.05) is 7.11 Å². The number of benzene rings is 2. The summed E-state index contributed by atoms with van der Waals surface area (Å²) in [5, 5.41) is 3.17. The number of ether oxygens (including phenoxy) is 1. The first-order valence-electron chi connectivity index (χ1n) is 7.26. The first-order valence-corrected chi connectivity index (χ1v) is 8.14. The van der Waals surface area contributed by atoms with Crippen LogP contribution in [0, 0.1) is 20.8 Å². The Morgan fingerprint density at radius 2 is 1.59 bits per heavy atom. The van der Waals surface area contributed by atoms with Crippen molar-refractivity contribution in [3.63, 3.8) is 0 Å². The van der Waals surface area contributed by atoms with Crippen LogP contribution in [-0.4, -0.2) is 12.1 Å². The fraction of sp³-hybridized carbons (Fsp3) is 0.211. The highest BCUT2D eigenvalue weighted by Gasteiger charge is 2.10. The third-order valence-corrected chi connectivity index (χ3v) is 4.85. The van der Waals surface area contributed by atoms with E-state index >= 15 is 0 Å². The van der Waals surface area contributed by atoms with Crippen molar-refractivity contribution in [1.29, 1.82) is 0 Å². The summed E-state index contributed by atoms with van der Waals surface area (Å²) in [6.07, 6.45) is 0. The maximum Gasteiger partial charge on any atom is 0.124 e. The second-order valence-electron chi connectivity index (χ2n) is 5.52. The molecule has 0 saturated heterocycles. The molecule has 0 fully saturated rings. The van der Waals surface area contributed by atoms with Crippen LogP contribution in [0.25, 0.3) is 21.8 Å². The number of rotatable bonds is 3. The minimum absolute atomic E-state index is 0.866. The van der Waals surface area contributed by atoms with Gasteiger partial charge < -0.3 is 4.74 Å². The Morgan fingerprint density at radius 1 is 0.909 bits per heavy atom. The summed E-state index contributed by atoms with van der Waals surface area (Å²) < 4.78 is 5.20. The fourth-order valence-electron chi connectivity index (χ4n) is 2.50. The summed E-state index contributed by atoms with van der Waals surface area (Å²) in [6.45, 7) is 6.44. The fourth-order valence-corrected chi connectivity index (χ4v) is 3.33. The lowest BCUT2D eigenvalue weighted by atomic mass is 9.99. The topological polar surface area (TPSA) is 22.1 Å². The van der Waals surface area contributed by atoms with E-state index in [4.69, 9.17) is 9.72 Å². The van der Waals surface area contributed by atoms with Gasteiger partial charge in [-0.25, -0.2) is 4.98 Å². The van der Waals surface area contributed by atoms with Crippen molar-refractivity contribution in [1.82, 2.24) is 4.98 Å². The molecule has 112 valence electrons. The molecule has 0 saturated carbocycles. The van der Waals surface area contributed by atoms with Gasteiger partial charge in [0.25, 0.3) is 0 Å². The molecule has 0 bridgehead atoms. The van der Waals surface area contributed by atoms with Gasteiger partial charge in [0.15, 0.2) is 0 Å². The summed E-state index contributed by atoms with van der Waals surface area (Å²) in [5.41, 5.74) is 7.30. The number of aromatic nitrogens is 1. The molecule has 3 aromatic rings. The van der Waals surface area contributed by atoms with Crippen molar-refractivity contribution in [3.8, 4) is 27.6 Å². The Bertz CT molecular complexity index is 803. The minimum atomic E-state index is 0.866. The van der Waals surface area contributed by atoms with Crippen LogP contribution in [0.3, 0.4) is 0 Å². The molecule has 2 aromatic carbocycles. The van der Waals surface area contributed by atoms with Gasteiger partial charge in [0.1, 0.15) is 10.8 Å². The highest BCUT2D eigenvalue weighted by Crippen LogP contribution is 2.32. The second kappa shape index (κ2) is 5.93. The third-order valence-electron chi connectivity index (χ3n) is 3.96. The average Bonchev–Trinajstić information content (AvgIpc) is 3.00. The smallest absolute Gasteiger partial charge is 0.124 e. The normalized spacial score (nSPS) is 10.7. The van der Waals surface area contributed by atoms with E-state index in [1.165, 1.54) is 22.3 Å². The SMILES string of the molecule is COc1ccc(-c2nc(-c3cc(C)c(C)cc3C)cs2)cc1. The van der Waals surface area contributed by atoms with Gasteiger partial charge >= 0.3 is 0 Å². The lowest BCUT2D eigenvalue weighted by Gasteiger charge is -2.07. The van der Waals surface area contributed by atoms with E-state index in [0.717, 1.165) is 22.0 Å². The first kappa shape index (κ1) is 14.8. The molecule has 0 spiro atoms. The van der Waals surface area contributed by atoms with E-state index < -0.39 is 0 Å². The predicted octanol–water partition coefficient (Wildman–Crippen LogP) is 5.41. The molecular weight excluding hydrogens is 290 g/mol. The number of methoxy groups -OCH3 is 1. The Morgan fingerprint density at radius 3 is 2.27 bits per heavy atom. The van der Waals surface area contributed by atoms with Gasteiger partial charge in [-0.15, -0.1) is 11.3 Å². The van der Waals surface area contributed by atoms with Crippen LogP contribution < -0.4 is 4.74 Å². The van der Waals surface area contributed by atoms with E-state index in [1.807, 2.05) is 12.1 Å². The Kier molecular flexibility index (Phi) is 3.99. The molecule has 1 heterocycles. The molecular formula is C19H19NOS. The number of aryl methyl sites for hydroxylation is 3. The van der Waals surface area contributed by atoms with Gasteiger partial charge in [-0.2, -0.15) is 0 Å². The van der Waals surface area contributed by atoms with Crippen LogP contribution in [0.15, 0.2) is 41.8 Å². The monoisotopic (exact) mass is 309 g/mol. The van der Waals surface area contributed by atoms with Crippen molar-refractivity contribution in [3.05, 3.63) is 58.5 Å². The first-order chi connectivity index (χ1) is 10.6. The van der Waals surface area contributed by atoms with E-state index in [0.29, 0.717) is 0 Å². The van der Waals surface area contributed by atoms with Gasteiger partial charge in [0.05, 0.1) is 12.8 Å². The molecule has 0 aliphatic heterocycles. The molecule has 3 heteroatoms. The van der Waals surface area contributed by atoms with Crippen LogP contribution in [0.4, 0.5) is 0 Å². The molecule has 0 aliphatic carbocycles. The molecule has 3 rings (SSSR count). The van der Waals surface area contributed by atoms with Crippen molar-refractivity contribution in [2.24, 2.45) is 0 Å². The minimum Gasteiger partial charge on any atom is -0.497 e. The van der Waals surface area contributed by atoms with Crippen LogP contribution in [0.5, 0.6) is 5.75 Å². The Balaban J connectivity index is 1.98. The Labute approximate surface area is 135 Å². The summed E-state index contributed by atoms with van der Waals surface area (Å²) in [7, 11) is 1.68. The van der Waals surface area contributed by atoms with E-state index in [1.54, 1.807) is 18.4 Å². The van der Waals surface area contributed by atoms with Crippen molar-refractivity contribution >= 4 is 11.3 Å². The molecule has 0 atom stereocenters. The van der Waals surface area contributed by atoms with Gasteiger partial charge in [0, 0.05) is 16.5 Å². The number of nitrogens with zero attached hydrogens (tertiary/aromatic N) is 1. The molecule has 0 N–H and O–H groups in total. The van der Waals surface area contributed by atoms with Gasteiger partial charge in [-0.05, 0) is 67.8 Å². The molecule has 22 heavy (non-hydrogen) atoms. The van der Waals surface area contributed by atoms with E-state index in [9.17, 15) is 0 Å². The quantitative estimate of drug-likeness (QED) is 0.645. The molecule has 0 radical (unpaired) electrons. The number of thiazole rings is 1. The lowest BCUT2D eigenvalue weighted by Crippen LogP contribution is -1.89. The lowest BCUT2D eigenvalue weighted by molar-refractivity contribution is 0.415. The summed E-state index contributed by atoms with van der Waals surface area (Å²) in [6, 6.07) is 12.5. The zero-order chi connectivity index (χ0) is 15.7. The van der Waals surface area contributed by atoms with Crippen LogP contribution >= 0.6 is 11.3 Å². The summed E-state index contributed by atoms with van der Waals surface area (Å²) in [5.74, 6) is 0.866. The average molecular weight is 309 g/mol. The molecule has 0 aliphatic rings. The second-order valence-corrected chi connectivity index (χ2v) is 6.38. The maximum absolute atomic E-state index is 5.20. The van der Waals surface area contributed by atoms with Crippen LogP contribution in [0.1, 0.15) is 16.7 Å². The van der Waals surface area contributed by atoms with Gasteiger partial charge in [-0.1, -0.05) is 6.07 Å².